The van der Waals surface area contributed by atoms with Gasteiger partial charge in [-0.25, -0.2) is 4.98 Å². The molecule has 4 aromatic heterocycles. The molecular formula is C65H38N4O. The van der Waals surface area contributed by atoms with Crippen LogP contribution in [0.3, 0.4) is 0 Å². The Labute approximate surface area is 402 Å². The van der Waals surface area contributed by atoms with Crippen molar-refractivity contribution in [3.63, 3.8) is 0 Å². The third-order valence-corrected chi connectivity index (χ3v) is 14.1. The number of nitriles is 1. The van der Waals surface area contributed by atoms with Gasteiger partial charge in [-0.05, 0) is 132 Å². The Bertz CT molecular complexity index is 4450. The van der Waals surface area contributed by atoms with Gasteiger partial charge >= 0.3 is 0 Å². The van der Waals surface area contributed by atoms with Crippen LogP contribution in [0.4, 0.5) is 0 Å². The molecule has 0 unspecified atom stereocenters. The topological polar surface area (TPSA) is 67.6 Å². The molecule has 0 fully saturated rings. The molecule has 324 valence electrons. The van der Waals surface area contributed by atoms with Crippen LogP contribution < -0.4 is 0 Å². The zero-order chi connectivity index (χ0) is 46.3. The van der Waals surface area contributed by atoms with Crippen molar-refractivity contribution >= 4 is 76.1 Å². The minimum absolute atomic E-state index is 0.643. The van der Waals surface area contributed by atoms with E-state index in [2.05, 4.69) is 199 Å². The summed E-state index contributed by atoms with van der Waals surface area (Å²) in [6, 6.07) is 81.4. The molecule has 0 radical (unpaired) electrons. The summed E-state index contributed by atoms with van der Waals surface area (Å²) < 4.78 is 8.99. The first-order valence-electron chi connectivity index (χ1n) is 23.5. The van der Waals surface area contributed by atoms with Gasteiger partial charge < -0.3 is 8.98 Å². The summed E-state index contributed by atoms with van der Waals surface area (Å²) in [6.45, 7) is 0. The summed E-state index contributed by atoms with van der Waals surface area (Å²) in [5.41, 5.74) is 15.1. The predicted molar refractivity (Wildman–Crippen MR) is 288 cm³/mol. The molecule has 0 bridgehead atoms. The van der Waals surface area contributed by atoms with E-state index in [4.69, 9.17) is 14.4 Å². The number of fused-ring (bicyclic) bond motifs is 12. The highest BCUT2D eigenvalue weighted by molar-refractivity contribution is 6.26. The van der Waals surface area contributed by atoms with E-state index in [0.717, 1.165) is 94.7 Å². The van der Waals surface area contributed by atoms with E-state index in [0.29, 0.717) is 5.56 Å². The maximum atomic E-state index is 9.79. The first kappa shape index (κ1) is 39.5. The Morgan fingerprint density at radius 2 is 0.986 bits per heavy atom. The highest BCUT2D eigenvalue weighted by Gasteiger charge is 2.20. The van der Waals surface area contributed by atoms with E-state index >= 15 is 0 Å². The van der Waals surface area contributed by atoms with Gasteiger partial charge in [0.05, 0.1) is 39.4 Å². The number of benzene rings is 10. The molecule has 14 rings (SSSR count). The second kappa shape index (κ2) is 15.7. The van der Waals surface area contributed by atoms with Crippen LogP contribution in [-0.2, 0) is 0 Å². The lowest BCUT2D eigenvalue weighted by atomic mass is 9.94. The fourth-order valence-corrected chi connectivity index (χ4v) is 10.8. The van der Waals surface area contributed by atoms with E-state index in [1.807, 2.05) is 42.6 Å². The summed E-state index contributed by atoms with van der Waals surface area (Å²) in [4.78, 5) is 10.4. The molecule has 0 amide bonds. The summed E-state index contributed by atoms with van der Waals surface area (Å²) >= 11 is 0. The third kappa shape index (κ3) is 6.25. The average Bonchev–Trinajstić information content (AvgIpc) is 3.98. The van der Waals surface area contributed by atoms with Gasteiger partial charge in [-0.3, -0.25) is 4.98 Å². The number of hydrogen-bond donors (Lipinski definition) is 0. The van der Waals surface area contributed by atoms with Gasteiger partial charge in [-0.2, -0.15) is 5.26 Å². The molecule has 10 aromatic carbocycles. The standard InChI is InChI=1S/C65H38N4O/c66-39-45-14-4-5-15-48(45)41-22-24-42(25-23-41)58-36-46(40-12-2-1-3-13-40)37-59(68-58)65-64-57-35-44(27-31-62(57)70-63(64)32-33-67-65)43-26-30-61-56(34-43)54-20-10-11-21-60(54)69(61)47-28-29-53-51-18-7-6-16-49(51)50-17-8-9-19-52(50)55(53)38-47/h1-38H. The van der Waals surface area contributed by atoms with Crippen LogP contribution in [-0.4, -0.2) is 14.5 Å². The molecule has 4 heterocycles. The zero-order valence-electron chi connectivity index (χ0n) is 37.6. The number of hydrogen-bond acceptors (Lipinski definition) is 4. The van der Waals surface area contributed by atoms with Crippen LogP contribution in [0.1, 0.15) is 5.56 Å². The fraction of sp³-hybridized carbons (Fsp3) is 0. The number of aromatic nitrogens is 3. The number of pyridine rings is 2. The van der Waals surface area contributed by atoms with Crippen molar-refractivity contribution in [1.29, 1.82) is 5.26 Å². The van der Waals surface area contributed by atoms with Gasteiger partial charge in [0.25, 0.3) is 0 Å². The second-order valence-electron chi connectivity index (χ2n) is 18.0. The molecule has 0 aliphatic rings. The summed E-state index contributed by atoms with van der Waals surface area (Å²) in [5.74, 6) is 0. The van der Waals surface area contributed by atoms with E-state index in [-0.39, 0.29) is 0 Å². The molecule has 70 heavy (non-hydrogen) atoms. The van der Waals surface area contributed by atoms with Gasteiger partial charge in [-0.15, -0.1) is 0 Å². The van der Waals surface area contributed by atoms with Crippen molar-refractivity contribution in [1.82, 2.24) is 14.5 Å². The molecule has 0 spiro atoms. The monoisotopic (exact) mass is 890 g/mol. The highest BCUT2D eigenvalue weighted by Crippen LogP contribution is 2.42. The highest BCUT2D eigenvalue weighted by atomic mass is 16.3. The summed E-state index contributed by atoms with van der Waals surface area (Å²) in [7, 11) is 0. The molecule has 0 aliphatic heterocycles. The Kier molecular flexibility index (Phi) is 8.89. The zero-order valence-corrected chi connectivity index (χ0v) is 37.6. The quantitative estimate of drug-likeness (QED) is 0.156. The molecule has 0 saturated heterocycles. The Hall–Kier alpha value is -9.63. The lowest BCUT2D eigenvalue weighted by Crippen LogP contribution is -1.94. The molecule has 0 aliphatic carbocycles. The Morgan fingerprint density at radius 1 is 0.386 bits per heavy atom. The number of furan rings is 1. The summed E-state index contributed by atoms with van der Waals surface area (Å²) in [5, 5.41) is 21.6. The van der Waals surface area contributed by atoms with Crippen LogP contribution >= 0.6 is 0 Å². The van der Waals surface area contributed by atoms with Crippen molar-refractivity contribution in [3.05, 3.63) is 236 Å². The van der Waals surface area contributed by atoms with Crippen molar-refractivity contribution in [2.45, 2.75) is 0 Å². The van der Waals surface area contributed by atoms with Crippen molar-refractivity contribution < 1.29 is 4.42 Å². The van der Waals surface area contributed by atoms with Gasteiger partial charge in [0.2, 0.25) is 0 Å². The lowest BCUT2D eigenvalue weighted by molar-refractivity contribution is 0.668. The average molecular weight is 891 g/mol. The van der Waals surface area contributed by atoms with Gasteiger partial charge in [0.1, 0.15) is 16.9 Å². The smallest absolute Gasteiger partial charge is 0.139 e. The molecule has 0 N–H and O–H groups in total. The van der Waals surface area contributed by atoms with Crippen molar-refractivity contribution in [2.24, 2.45) is 0 Å². The van der Waals surface area contributed by atoms with E-state index in [1.165, 1.54) is 43.1 Å². The van der Waals surface area contributed by atoms with Crippen LogP contribution in [0.2, 0.25) is 0 Å². The molecule has 0 saturated carbocycles. The Morgan fingerprint density at radius 3 is 1.76 bits per heavy atom. The van der Waals surface area contributed by atoms with Crippen LogP contribution in [0, 0.1) is 11.3 Å². The van der Waals surface area contributed by atoms with Gasteiger partial charge in [0.15, 0.2) is 0 Å². The fourth-order valence-electron chi connectivity index (χ4n) is 10.8. The maximum absolute atomic E-state index is 9.79. The van der Waals surface area contributed by atoms with Crippen LogP contribution in [0.25, 0.3) is 138 Å². The van der Waals surface area contributed by atoms with Crippen LogP contribution in [0.15, 0.2) is 235 Å². The first-order chi connectivity index (χ1) is 34.6. The van der Waals surface area contributed by atoms with E-state index < -0.39 is 0 Å². The molecule has 0 atom stereocenters. The van der Waals surface area contributed by atoms with Gasteiger partial charge in [0, 0.05) is 33.6 Å². The van der Waals surface area contributed by atoms with Crippen LogP contribution in [0.5, 0.6) is 0 Å². The molecule has 14 aromatic rings. The molecular weight excluding hydrogens is 853 g/mol. The second-order valence-corrected chi connectivity index (χ2v) is 18.0. The number of rotatable bonds is 6. The van der Waals surface area contributed by atoms with Gasteiger partial charge in [-0.1, -0.05) is 158 Å². The minimum atomic E-state index is 0.643. The molecule has 5 heteroatoms. The number of nitrogens with zero attached hydrogens (tertiary/aromatic N) is 4. The first-order valence-corrected chi connectivity index (χ1v) is 23.5. The lowest BCUT2D eigenvalue weighted by Gasteiger charge is -2.14. The minimum Gasteiger partial charge on any atom is -0.456 e. The van der Waals surface area contributed by atoms with E-state index in [1.54, 1.807) is 0 Å². The SMILES string of the molecule is N#Cc1ccccc1-c1ccc(-c2cc(-c3ccccc3)cc(-c3nccc4oc5ccc(-c6ccc7c(c6)c6ccccc6n7-c6ccc7c8ccccc8c8ccccc8c7c6)cc5c34)n2)cc1. The van der Waals surface area contributed by atoms with Crippen molar-refractivity contribution in [2.75, 3.05) is 0 Å². The third-order valence-electron chi connectivity index (χ3n) is 14.1. The number of para-hydroxylation sites is 1. The Balaban J connectivity index is 0.901. The summed E-state index contributed by atoms with van der Waals surface area (Å²) in [6.07, 6.45) is 1.81. The molecule has 5 nitrogen and oxygen atoms in total. The largest absolute Gasteiger partial charge is 0.456 e. The van der Waals surface area contributed by atoms with Crippen molar-refractivity contribution in [3.8, 4) is 67.8 Å². The van der Waals surface area contributed by atoms with E-state index in [9.17, 15) is 5.26 Å². The normalized spacial score (nSPS) is 11.7. The predicted octanol–water partition coefficient (Wildman–Crippen LogP) is 17.1. The maximum Gasteiger partial charge on any atom is 0.139 e.